The Morgan fingerprint density at radius 2 is 1.80 bits per heavy atom. The van der Waals surface area contributed by atoms with Gasteiger partial charge in [0.05, 0.1) is 18.3 Å². The van der Waals surface area contributed by atoms with Crippen molar-refractivity contribution in [3.05, 3.63) is 12.2 Å². The molecule has 0 saturated heterocycles. The van der Waals surface area contributed by atoms with E-state index in [4.69, 9.17) is 5.11 Å². The molecule has 0 aromatic heterocycles. The molecule has 1 fully saturated rings. The average molecular weight is 357 g/mol. The number of hydrogen-bond acceptors (Lipinski definition) is 4. The molecule has 146 valence electrons. The number of carboxylic acid groups (broad SMARTS) is 1. The van der Waals surface area contributed by atoms with Gasteiger partial charge in [0.25, 0.3) is 0 Å². The van der Waals surface area contributed by atoms with Crippen molar-refractivity contribution in [1.82, 2.24) is 0 Å². The van der Waals surface area contributed by atoms with E-state index in [1.807, 2.05) is 6.08 Å². The zero-order valence-corrected chi connectivity index (χ0v) is 15.5. The Kier molecular flexibility index (Phi) is 11.0. The van der Waals surface area contributed by atoms with E-state index in [1.165, 1.54) is 0 Å². The van der Waals surface area contributed by atoms with Gasteiger partial charge in [0.2, 0.25) is 0 Å². The number of carbonyl (C=O) groups is 1. The standard InChI is InChI=1S/C20H36O5/c1-2-3-6-9-15(21)12-13-17-16(18(22)14-19(17)23)10-7-4-5-8-11-20(24)25/h12-13,15-19,21-23H,2-11,14H2,1H3,(H,24,25)/b13-12+. The first-order valence-electron chi connectivity index (χ1n) is 9.90. The van der Waals surface area contributed by atoms with Crippen LogP contribution in [0.3, 0.4) is 0 Å². The summed E-state index contributed by atoms with van der Waals surface area (Å²) in [6, 6.07) is 0. The molecule has 5 atom stereocenters. The highest BCUT2D eigenvalue weighted by atomic mass is 16.4. The van der Waals surface area contributed by atoms with Crippen LogP contribution in [-0.2, 0) is 4.79 Å². The minimum absolute atomic E-state index is 0.0218. The maximum Gasteiger partial charge on any atom is 0.303 e. The third-order valence-electron chi connectivity index (χ3n) is 5.25. The van der Waals surface area contributed by atoms with E-state index in [0.29, 0.717) is 12.8 Å². The van der Waals surface area contributed by atoms with Gasteiger partial charge in [-0.15, -0.1) is 0 Å². The molecule has 5 unspecified atom stereocenters. The summed E-state index contributed by atoms with van der Waals surface area (Å²) in [6.07, 6.45) is 11.0. The van der Waals surface area contributed by atoms with Gasteiger partial charge in [-0.25, -0.2) is 0 Å². The third kappa shape index (κ3) is 8.84. The number of aliphatic carboxylic acids is 1. The molecule has 1 aliphatic rings. The van der Waals surface area contributed by atoms with Gasteiger partial charge in [0.1, 0.15) is 0 Å². The first-order chi connectivity index (χ1) is 12.0. The number of carboxylic acids is 1. The topological polar surface area (TPSA) is 98.0 Å². The molecule has 1 rings (SSSR count). The first-order valence-corrected chi connectivity index (χ1v) is 9.90. The second-order valence-corrected chi connectivity index (χ2v) is 7.41. The summed E-state index contributed by atoms with van der Waals surface area (Å²) in [5.41, 5.74) is 0. The highest BCUT2D eigenvalue weighted by Crippen LogP contribution is 2.37. The smallest absolute Gasteiger partial charge is 0.303 e. The Hall–Kier alpha value is -0.910. The van der Waals surface area contributed by atoms with E-state index >= 15 is 0 Å². The Balaban J connectivity index is 2.38. The van der Waals surface area contributed by atoms with E-state index in [1.54, 1.807) is 6.08 Å². The summed E-state index contributed by atoms with van der Waals surface area (Å²) in [4.78, 5) is 10.5. The summed E-state index contributed by atoms with van der Waals surface area (Å²) in [6.45, 7) is 2.13. The van der Waals surface area contributed by atoms with Gasteiger partial charge in [-0.2, -0.15) is 0 Å². The van der Waals surface area contributed by atoms with Gasteiger partial charge in [-0.3, -0.25) is 4.79 Å². The fraction of sp³-hybridized carbons (Fsp3) is 0.850. The Bertz CT molecular complexity index is 396. The van der Waals surface area contributed by atoms with Gasteiger partial charge in [0.15, 0.2) is 0 Å². The van der Waals surface area contributed by atoms with Crippen molar-refractivity contribution in [2.24, 2.45) is 11.8 Å². The first kappa shape index (κ1) is 22.1. The molecule has 0 radical (unpaired) electrons. The molecule has 5 nitrogen and oxygen atoms in total. The predicted octanol–water partition coefficient (Wildman–Crippen LogP) is 3.27. The van der Waals surface area contributed by atoms with Crippen LogP contribution in [-0.4, -0.2) is 44.7 Å². The molecule has 1 aliphatic carbocycles. The van der Waals surface area contributed by atoms with Gasteiger partial charge in [-0.05, 0) is 25.2 Å². The fourth-order valence-corrected chi connectivity index (χ4v) is 3.74. The van der Waals surface area contributed by atoms with Crippen LogP contribution in [0.1, 0.15) is 77.6 Å². The molecule has 1 saturated carbocycles. The number of hydrogen-bond donors (Lipinski definition) is 4. The molecule has 5 heteroatoms. The zero-order chi connectivity index (χ0) is 18.7. The molecule has 0 aromatic rings. The number of aliphatic hydroxyl groups excluding tert-OH is 3. The van der Waals surface area contributed by atoms with E-state index in [0.717, 1.165) is 51.4 Å². The number of aliphatic hydroxyl groups is 3. The summed E-state index contributed by atoms with van der Waals surface area (Å²) < 4.78 is 0. The average Bonchev–Trinajstić information content (AvgIpc) is 2.82. The molecule has 4 N–H and O–H groups in total. The van der Waals surface area contributed by atoms with Crippen molar-refractivity contribution in [2.75, 3.05) is 0 Å². The molecular weight excluding hydrogens is 320 g/mol. The van der Waals surface area contributed by atoms with Crippen LogP contribution in [0.25, 0.3) is 0 Å². The van der Waals surface area contributed by atoms with E-state index in [-0.39, 0.29) is 18.3 Å². The van der Waals surface area contributed by atoms with Crippen LogP contribution >= 0.6 is 0 Å². The third-order valence-corrected chi connectivity index (χ3v) is 5.25. The van der Waals surface area contributed by atoms with E-state index < -0.39 is 24.3 Å². The van der Waals surface area contributed by atoms with Crippen molar-refractivity contribution in [3.8, 4) is 0 Å². The molecule has 25 heavy (non-hydrogen) atoms. The zero-order valence-electron chi connectivity index (χ0n) is 15.5. The molecule has 0 spiro atoms. The monoisotopic (exact) mass is 356 g/mol. The second-order valence-electron chi connectivity index (χ2n) is 7.41. The predicted molar refractivity (Wildman–Crippen MR) is 98.2 cm³/mol. The summed E-state index contributed by atoms with van der Waals surface area (Å²) in [5, 5.41) is 39.0. The van der Waals surface area contributed by atoms with Crippen molar-refractivity contribution in [1.29, 1.82) is 0 Å². The number of rotatable bonds is 13. The van der Waals surface area contributed by atoms with Gasteiger partial charge in [0, 0.05) is 18.8 Å². The molecular formula is C20H36O5. The van der Waals surface area contributed by atoms with Crippen molar-refractivity contribution >= 4 is 5.97 Å². The van der Waals surface area contributed by atoms with Crippen molar-refractivity contribution in [3.63, 3.8) is 0 Å². The van der Waals surface area contributed by atoms with Crippen LogP contribution in [0, 0.1) is 11.8 Å². The molecule has 0 aliphatic heterocycles. The lowest BCUT2D eigenvalue weighted by Crippen LogP contribution is -2.21. The Labute approximate surface area is 151 Å². The van der Waals surface area contributed by atoms with Gasteiger partial charge < -0.3 is 20.4 Å². The largest absolute Gasteiger partial charge is 0.481 e. The SMILES string of the molecule is CCCCCC(O)/C=C/C1C(O)CC(O)C1CCCCCCC(=O)O. The molecule has 0 amide bonds. The maximum atomic E-state index is 10.5. The molecule has 0 bridgehead atoms. The normalized spacial score (nSPS) is 27.8. The second kappa shape index (κ2) is 12.4. The Morgan fingerprint density at radius 1 is 1.08 bits per heavy atom. The van der Waals surface area contributed by atoms with E-state index in [2.05, 4.69) is 6.92 Å². The highest BCUT2D eigenvalue weighted by molar-refractivity contribution is 5.66. The van der Waals surface area contributed by atoms with E-state index in [9.17, 15) is 20.1 Å². The lowest BCUT2D eigenvalue weighted by Gasteiger charge is -2.21. The van der Waals surface area contributed by atoms with Crippen molar-refractivity contribution < 1.29 is 25.2 Å². The van der Waals surface area contributed by atoms with Crippen LogP contribution in [0.15, 0.2) is 12.2 Å². The van der Waals surface area contributed by atoms with Crippen LogP contribution in [0.4, 0.5) is 0 Å². The minimum atomic E-state index is -0.753. The van der Waals surface area contributed by atoms with Crippen molar-refractivity contribution in [2.45, 2.75) is 95.9 Å². The lowest BCUT2D eigenvalue weighted by atomic mass is 9.88. The molecule has 0 heterocycles. The minimum Gasteiger partial charge on any atom is -0.481 e. The molecule has 0 aromatic carbocycles. The van der Waals surface area contributed by atoms with Crippen LogP contribution in [0.2, 0.25) is 0 Å². The lowest BCUT2D eigenvalue weighted by molar-refractivity contribution is -0.137. The fourth-order valence-electron chi connectivity index (χ4n) is 3.74. The quantitative estimate of drug-likeness (QED) is 0.300. The summed E-state index contributed by atoms with van der Waals surface area (Å²) >= 11 is 0. The summed E-state index contributed by atoms with van der Waals surface area (Å²) in [5.74, 6) is -0.833. The Morgan fingerprint density at radius 3 is 2.48 bits per heavy atom. The van der Waals surface area contributed by atoms with Crippen LogP contribution < -0.4 is 0 Å². The van der Waals surface area contributed by atoms with Gasteiger partial charge in [-0.1, -0.05) is 57.6 Å². The summed E-state index contributed by atoms with van der Waals surface area (Å²) in [7, 11) is 0. The maximum absolute atomic E-state index is 10.5. The van der Waals surface area contributed by atoms with Crippen LogP contribution in [0.5, 0.6) is 0 Å². The van der Waals surface area contributed by atoms with Gasteiger partial charge >= 0.3 is 5.97 Å². The highest BCUT2D eigenvalue weighted by Gasteiger charge is 2.39. The number of unbranched alkanes of at least 4 members (excludes halogenated alkanes) is 5.